The Bertz CT molecular complexity index is 447. The first-order valence-corrected chi connectivity index (χ1v) is 8.68. The zero-order valence-electron chi connectivity index (χ0n) is 13.6. The van der Waals surface area contributed by atoms with Gasteiger partial charge in [-0.25, -0.2) is 0 Å². The molecule has 1 aliphatic carbocycles. The summed E-state index contributed by atoms with van der Waals surface area (Å²) in [6.07, 6.45) is 11.2. The maximum Gasteiger partial charge on any atom is 0.0492 e. The SMILES string of the molecule is CCCC1CNC2(CCCC2)CN1CCc1ccnn1C. The van der Waals surface area contributed by atoms with Crippen LogP contribution in [0.1, 0.15) is 51.1 Å². The average Bonchev–Trinajstić information content (AvgIpc) is 3.09. The second-order valence-corrected chi connectivity index (χ2v) is 6.98. The Hall–Kier alpha value is -0.870. The second-order valence-electron chi connectivity index (χ2n) is 6.98. The maximum atomic E-state index is 4.29. The normalized spacial score (nSPS) is 25.7. The molecule has 1 saturated carbocycles. The fourth-order valence-corrected chi connectivity index (χ4v) is 4.21. The molecule has 2 aliphatic rings. The Morgan fingerprint density at radius 2 is 2.19 bits per heavy atom. The van der Waals surface area contributed by atoms with E-state index in [1.165, 1.54) is 63.9 Å². The van der Waals surface area contributed by atoms with Gasteiger partial charge in [0.15, 0.2) is 0 Å². The minimum absolute atomic E-state index is 0.427. The van der Waals surface area contributed by atoms with Crippen molar-refractivity contribution in [3.8, 4) is 0 Å². The minimum atomic E-state index is 0.427. The van der Waals surface area contributed by atoms with Crippen molar-refractivity contribution in [2.45, 2.75) is 63.5 Å². The van der Waals surface area contributed by atoms with Crippen molar-refractivity contribution in [3.63, 3.8) is 0 Å². The molecule has 0 aromatic carbocycles. The van der Waals surface area contributed by atoms with Crippen molar-refractivity contribution in [1.29, 1.82) is 0 Å². The fraction of sp³-hybridized carbons (Fsp3) is 0.824. The molecule has 0 amide bonds. The maximum absolute atomic E-state index is 4.29. The summed E-state index contributed by atoms with van der Waals surface area (Å²) in [6, 6.07) is 2.87. The standard InChI is InChI=1S/C17H30N4/c1-3-6-16-13-18-17(9-4-5-10-17)14-21(16)12-8-15-7-11-19-20(15)2/h7,11,16,18H,3-6,8-10,12-14H2,1-2H3. The van der Waals surface area contributed by atoms with Crippen LogP contribution in [0, 0.1) is 0 Å². The summed E-state index contributed by atoms with van der Waals surface area (Å²) >= 11 is 0. The van der Waals surface area contributed by atoms with Gasteiger partial charge in [0.05, 0.1) is 0 Å². The van der Waals surface area contributed by atoms with E-state index in [1.54, 1.807) is 0 Å². The number of piperazine rings is 1. The number of hydrogen-bond donors (Lipinski definition) is 1. The van der Waals surface area contributed by atoms with E-state index in [-0.39, 0.29) is 0 Å². The lowest BCUT2D eigenvalue weighted by molar-refractivity contribution is 0.0761. The first-order chi connectivity index (χ1) is 10.2. The number of nitrogens with zero attached hydrogens (tertiary/aromatic N) is 3. The van der Waals surface area contributed by atoms with Crippen LogP contribution < -0.4 is 5.32 Å². The van der Waals surface area contributed by atoms with Gasteiger partial charge in [0.25, 0.3) is 0 Å². The van der Waals surface area contributed by atoms with E-state index < -0.39 is 0 Å². The van der Waals surface area contributed by atoms with E-state index in [9.17, 15) is 0 Å². The first-order valence-electron chi connectivity index (χ1n) is 8.68. The number of rotatable bonds is 5. The van der Waals surface area contributed by atoms with Crippen molar-refractivity contribution < 1.29 is 0 Å². The predicted molar refractivity (Wildman–Crippen MR) is 86.4 cm³/mol. The third-order valence-corrected chi connectivity index (χ3v) is 5.50. The van der Waals surface area contributed by atoms with Gasteiger partial charge in [-0.2, -0.15) is 5.10 Å². The lowest BCUT2D eigenvalue weighted by Crippen LogP contribution is -2.63. The highest BCUT2D eigenvalue weighted by molar-refractivity contribution is 5.04. The van der Waals surface area contributed by atoms with Gasteiger partial charge in [-0.15, -0.1) is 0 Å². The van der Waals surface area contributed by atoms with Gasteiger partial charge in [-0.05, 0) is 25.3 Å². The number of aryl methyl sites for hydroxylation is 1. The highest BCUT2D eigenvalue weighted by Gasteiger charge is 2.40. The van der Waals surface area contributed by atoms with Crippen LogP contribution in [-0.4, -0.2) is 45.9 Å². The van der Waals surface area contributed by atoms with Gasteiger partial charge >= 0.3 is 0 Å². The molecule has 118 valence electrons. The van der Waals surface area contributed by atoms with Crippen molar-refractivity contribution in [2.24, 2.45) is 7.05 Å². The molecule has 1 atom stereocenters. The quantitative estimate of drug-likeness (QED) is 0.903. The smallest absolute Gasteiger partial charge is 0.0492 e. The third kappa shape index (κ3) is 3.32. The Labute approximate surface area is 128 Å². The Morgan fingerprint density at radius 1 is 1.38 bits per heavy atom. The van der Waals surface area contributed by atoms with E-state index in [0.717, 1.165) is 12.5 Å². The molecule has 1 spiro atoms. The van der Waals surface area contributed by atoms with Gasteiger partial charge in [0.1, 0.15) is 0 Å². The van der Waals surface area contributed by atoms with E-state index in [0.29, 0.717) is 5.54 Å². The Kier molecular flexibility index (Phi) is 4.65. The Morgan fingerprint density at radius 3 is 2.86 bits per heavy atom. The molecule has 1 N–H and O–H groups in total. The van der Waals surface area contributed by atoms with E-state index in [4.69, 9.17) is 0 Å². The summed E-state index contributed by atoms with van der Waals surface area (Å²) in [5, 5.41) is 8.20. The summed E-state index contributed by atoms with van der Waals surface area (Å²) in [5.41, 5.74) is 1.78. The molecule has 1 unspecified atom stereocenters. The second kappa shape index (κ2) is 6.49. The van der Waals surface area contributed by atoms with Gasteiger partial charge < -0.3 is 5.32 Å². The highest BCUT2D eigenvalue weighted by Crippen LogP contribution is 2.33. The average molecular weight is 290 g/mol. The zero-order valence-corrected chi connectivity index (χ0v) is 13.6. The molecule has 0 radical (unpaired) electrons. The number of hydrogen-bond acceptors (Lipinski definition) is 3. The summed E-state index contributed by atoms with van der Waals surface area (Å²) in [6.45, 7) is 5.90. The van der Waals surface area contributed by atoms with E-state index >= 15 is 0 Å². The molecule has 1 saturated heterocycles. The van der Waals surface area contributed by atoms with Crippen LogP contribution in [0.3, 0.4) is 0 Å². The van der Waals surface area contributed by atoms with Crippen LogP contribution >= 0.6 is 0 Å². The van der Waals surface area contributed by atoms with E-state index in [2.05, 4.69) is 35.4 Å². The molecule has 1 aromatic rings. The molecule has 21 heavy (non-hydrogen) atoms. The van der Waals surface area contributed by atoms with Gasteiger partial charge in [-0.3, -0.25) is 9.58 Å². The number of nitrogens with one attached hydrogen (secondary N) is 1. The van der Waals surface area contributed by atoms with Crippen LogP contribution in [0.5, 0.6) is 0 Å². The first kappa shape index (κ1) is 15.0. The van der Waals surface area contributed by atoms with E-state index in [1.807, 2.05) is 10.9 Å². The van der Waals surface area contributed by atoms with Crippen molar-refractivity contribution >= 4 is 0 Å². The lowest BCUT2D eigenvalue weighted by atomic mass is 9.91. The summed E-state index contributed by atoms with van der Waals surface area (Å²) in [7, 11) is 2.05. The predicted octanol–water partition coefficient (Wildman–Crippen LogP) is 2.35. The molecule has 0 bridgehead atoms. The summed E-state index contributed by atoms with van der Waals surface area (Å²) in [4.78, 5) is 2.76. The summed E-state index contributed by atoms with van der Waals surface area (Å²) < 4.78 is 2.02. The number of aromatic nitrogens is 2. The Balaban J connectivity index is 1.64. The fourth-order valence-electron chi connectivity index (χ4n) is 4.21. The van der Waals surface area contributed by atoms with Crippen LogP contribution in [0.15, 0.2) is 12.3 Å². The van der Waals surface area contributed by atoms with Gasteiger partial charge in [0.2, 0.25) is 0 Å². The molecule has 3 rings (SSSR count). The molecule has 4 nitrogen and oxygen atoms in total. The highest BCUT2D eigenvalue weighted by atomic mass is 15.3. The molecule has 1 aromatic heterocycles. The zero-order chi connectivity index (χ0) is 14.7. The third-order valence-electron chi connectivity index (χ3n) is 5.50. The van der Waals surface area contributed by atoms with Crippen LogP contribution in [-0.2, 0) is 13.5 Å². The topological polar surface area (TPSA) is 33.1 Å². The van der Waals surface area contributed by atoms with Gasteiger partial charge in [0, 0.05) is 56.6 Å². The van der Waals surface area contributed by atoms with Crippen LogP contribution in [0.4, 0.5) is 0 Å². The molecule has 1 aliphatic heterocycles. The van der Waals surface area contributed by atoms with Crippen molar-refractivity contribution in [2.75, 3.05) is 19.6 Å². The van der Waals surface area contributed by atoms with Crippen LogP contribution in [0.25, 0.3) is 0 Å². The molecular formula is C17H30N4. The summed E-state index contributed by atoms with van der Waals surface area (Å²) in [5.74, 6) is 0. The molecule has 2 heterocycles. The van der Waals surface area contributed by atoms with Gasteiger partial charge in [-0.1, -0.05) is 26.2 Å². The lowest BCUT2D eigenvalue weighted by Gasteiger charge is -2.46. The van der Waals surface area contributed by atoms with Crippen LogP contribution in [0.2, 0.25) is 0 Å². The van der Waals surface area contributed by atoms with Crippen molar-refractivity contribution in [1.82, 2.24) is 20.0 Å². The molecule has 4 heteroatoms. The van der Waals surface area contributed by atoms with Crippen molar-refractivity contribution in [3.05, 3.63) is 18.0 Å². The monoisotopic (exact) mass is 290 g/mol. The largest absolute Gasteiger partial charge is 0.308 e. The molecular weight excluding hydrogens is 260 g/mol. The minimum Gasteiger partial charge on any atom is -0.308 e. The molecule has 2 fully saturated rings.